The fourth-order valence-corrected chi connectivity index (χ4v) is 4.64. The zero-order valence-electron chi connectivity index (χ0n) is 16.4. The lowest BCUT2D eigenvalue weighted by Crippen LogP contribution is -2.44. The molecule has 1 aliphatic heterocycles. The SMILES string of the molecule is CCNS(=O)(=O)c1cccc(C(=O)NC2CCN(Cc3ccc(Cl)cc3)CC2)c1. The molecular weight excluding hydrogens is 410 g/mol. The van der Waals surface area contributed by atoms with E-state index in [0.29, 0.717) is 12.1 Å². The van der Waals surface area contributed by atoms with Gasteiger partial charge in [-0.25, -0.2) is 13.1 Å². The molecule has 156 valence electrons. The highest BCUT2D eigenvalue weighted by atomic mass is 35.5. The molecule has 1 heterocycles. The lowest BCUT2D eigenvalue weighted by Gasteiger charge is -2.32. The Hall–Kier alpha value is -1.93. The lowest BCUT2D eigenvalue weighted by molar-refractivity contribution is 0.0908. The first-order valence-electron chi connectivity index (χ1n) is 9.75. The van der Waals surface area contributed by atoms with Crippen LogP contribution in [0.4, 0.5) is 0 Å². The number of sulfonamides is 1. The zero-order chi connectivity index (χ0) is 20.9. The number of nitrogens with zero attached hydrogens (tertiary/aromatic N) is 1. The van der Waals surface area contributed by atoms with E-state index < -0.39 is 10.0 Å². The second-order valence-corrected chi connectivity index (χ2v) is 9.38. The zero-order valence-corrected chi connectivity index (χ0v) is 18.0. The number of halogens is 1. The van der Waals surface area contributed by atoms with Crippen molar-refractivity contribution in [2.24, 2.45) is 0 Å². The van der Waals surface area contributed by atoms with Gasteiger partial charge in [-0.3, -0.25) is 9.69 Å². The summed E-state index contributed by atoms with van der Waals surface area (Å²) in [6.07, 6.45) is 1.71. The Bertz CT molecular complexity index is 940. The third kappa shape index (κ3) is 6.02. The molecule has 6 nitrogen and oxygen atoms in total. The molecule has 0 radical (unpaired) electrons. The van der Waals surface area contributed by atoms with Crippen LogP contribution in [-0.2, 0) is 16.6 Å². The van der Waals surface area contributed by atoms with Crippen molar-refractivity contribution in [2.45, 2.75) is 37.2 Å². The summed E-state index contributed by atoms with van der Waals surface area (Å²) in [5.74, 6) is -0.241. The smallest absolute Gasteiger partial charge is 0.251 e. The standard InChI is InChI=1S/C21H26ClN3O3S/c1-2-23-29(27,28)20-5-3-4-17(14-20)21(26)24-19-10-12-25(13-11-19)15-16-6-8-18(22)9-7-16/h3-9,14,19,23H,2,10-13,15H2,1H3,(H,24,26). The second kappa shape index (κ2) is 9.71. The van der Waals surface area contributed by atoms with Crippen LogP contribution in [0.25, 0.3) is 0 Å². The molecule has 8 heteroatoms. The summed E-state index contributed by atoms with van der Waals surface area (Å²) in [5, 5.41) is 3.77. The number of piperidine rings is 1. The van der Waals surface area contributed by atoms with Gasteiger partial charge in [0.2, 0.25) is 10.0 Å². The van der Waals surface area contributed by atoms with Gasteiger partial charge in [0.15, 0.2) is 0 Å². The van der Waals surface area contributed by atoms with E-state index in [0.717, 1.165) is 37.5 Å². The molecule has 0 saturated carbocycles. The van der Waals surface area contributed by atoms with Crippen molar-refractivity contribution >= 4 is 27.5 Å². The summed E-state index contributed by atoms with van der Waals surface area (Å²) in [5.41, 5.74) is 1.57. The van der Waals surface area contributed by atoms with E-state index in [-0.39, 0.29) is 16.8 Å². The minimum absolute atomic E-state index is 0.0815. The van der Waals surface area contributed by atoms with E-state index in [9.17, 15) is 13.2 Å². The monoisotopic (exact) mass is 435 g/mol. The van der Waals surface area contributed by atoms with Crippen LogP contribution < -0.4 is 10.0 Å². The number of likely N-dealkylation sites (tertiary alicyclic amines) is 1. The summed E-state index contributed by atoms with van der Waals surface area (Å²) >= 11 is 5.93. The maximum absolute atomic E-state index is 12.6. The Morgan fingerprint density at radius 2 is 1.83 bits per heavy atom. The fraction of sp³-hybridized carbons (Fsp3) is 0.381. The van der Waals surface area contributed by atoms with Crippen molar-refractivity contribution in [1.82, 2.24) is 14.9 Å². The highest BCUT2D eigenvalue weighted by Crippen LogP contribution is 2.17. The van der Waals surface area contributed by atoms with Crippen molar-refractivity contribution < 1.29 is 13.2 Å². The summed E-state index contributed by atoms with van der Waals surface area (Å²) in [4.78, 5) is 15.1. The third-order valence-corrected chi connectivity index (χ3v) is 6.78. The highest BCUT2D eigenvalue weighted by molar-refractivity contribution is 7.89. The van der Waals surface area contributed by atoms with Gasteiger partial charge in [-0.2, -0.15) is 0 Å². The molecule has 3 rings (SSSR count). The van der Waals surface area contributed by atoms with Crippen LogP contribution in [0.15, 0.2) is 53.4 Å². The molecule has 2 aromatic carbocycles. The fourth-order valence-electron chi connectivity index (χ4n) is 3.43. The topological polar surface area (TPSA) is 78.5 Å². The molecule has 29 heavy (non-hydrogen) atoms. The first-order valence-corrected chi connectivity index (χ1v) is 11.6. The van der Waals surface area contributed by atoms with E-state index in [4.69, 9.17) is 11.6 Å². The van der Waals surface area contributed by atoms with E-state index in [1.807, 2.05) is 24.3 Å². The van der Waals surface area contributed by atoms with Crippen molar-refractivity contribution in [3.63, 3.8) is 0 Å². The average molecular weight is 436 g/mol. The first kappa shape index (κ1) is 21.8. The van der Waals surface area contributed by atoms with Gasteiger partial charge in [0.05, 0.1) is 4.90 Å². The van der Waals surface area contributed by atoms with Gasteiger partial charge in [-0.05, 0) is 48.7 Å². The number of carbonyl (C=O) groups excluding carboxylic acids is 1. The molecule has 1 amide bonds. The van der Waals surface area contributed by atoms with Crippen LogP contribution in [0.2, 0.25) is 5.02 Å². The van der Waals surface area contributed by atoms with Gasteiger partial charge in [0, 0.05) is 42.8 Å². The Kier molecular flexibility index (Phi) is 7.29. The summed E-state index contributed by atoms with van der Waals surface area (Å²) in [7, 11) is -3.58. The van der Waals surface area contributed by atoms with Crippen LogP contribution >= 0.6 is 11.6 Å². The molecule has 1 fully saturated rings. The molecule has 2 aromatic rings. The van der Waals surface area contributed by atoms with Gasteiger partial charge in [0.1, 0.15) is 0 Å². The normalized spacial score (nSPS) is 15.9. The van der Waals surface area contributed by atoms with E-state index in [1.54, 1.807) is 19.1 Å². The van der Waals surface area contributed by atoms with Crippen molar-refractivity contribution in [3.8, 4) is 0 Å². The summed E-state index contributed by atoms with van der Waals surface area (Å²) in [6.45, 7) is 4.66. The Morgan fingerprint density at radius 3 is 2.48 bits per heavy atom. The van der Waals surface area contributed by atoms with Gasteiger partial charge in [0.25, 0.3) is 5.91 Å². The molecule has 0 aliphatic carbocycles. The van der Waals surface area contributed by atoms with Crippen molar-refractivity contribution in [2.75, 3.05) is 19.6 Å². The van der Waals surface area contributed by atoms with Crippen molar-refractivity contribution in [3.05, 3.63) is 64.7 Å². The number of nitrogens with one attached hydrogen (secondary N) is 2. The third-order valence-electron chi connectivity index (χ3n) is 4.98. The maximum Gasteiger partial charge on any atom is 0.251 e. The number of amides is 1. The van der Waals surface area contributed by atoms with Gasteiger partial charge >= 0.3 is 0 Å². The van der Waals surface area contributed by atoms with Gasteiger partial charge in [-0.15, -0.1) is 0 Å². The first-order chi connectivity index (χ1) is 13.9. The Morgan fingerprint density at radius 1 is 1.14 bits per heavy atom. The van der Waals surface area contributed by atoms with E-state index in [2.05, 4.69) is 14.9 Å². The number of hydrogen-bond acceptors (Lipinski definition) is 4. The van der Waals surface area contributed by atoms with Crippen molar-refractivity contribution in [1.29, 1.82) is 0 Å². The molecule has 2 N–H and O–H groups in total. The second-order valence-electron chi connectivity index (χ2n) is 7.18. The van der Waals surface area contributed by atoms with Crippen LogP contribution in [0, 0.1) is 0 Å². The highest BCUT2D eigenvalue weighted by Gasteiger charge is 2.22. The molecule has 0 spiro atoms. The predicted octanol–water partition coefficient (Wildman–Crippen LogP) is 3.03. The molecule has 0 bridgehead atoms. The molecule has 0 unspecified atom stereocenters. The summed E-state index contributed by atoms with van der Waals surface area (Å²) in [6, 6.07) is 14.1. The number of benzene rings is 2. The van der Waals surface area contributed by atoms with E-state index in [1.165, 1.54) is 17.7 Å². The quantitative estimate of drug-likeness (QED) is 0.700. The van der Waals surface area contributed by atoms with Crippen LogP contribution in [0.1, 0.15) is 35.7 Å². The molecule has 1 saturated heterocycles. The summed E-state index contributed by atoms with van der Waals surface area (Å²) < 4.78 is 26.7. The van der Waals surface area contributed by atoms with Gasteiger partial charge < -0.3 is 5.32 Å². The number of hydrogen-bond donors (Lipinski definition) is 2. The van der Waals surface area contributed by atoms with Crippen LogP contribution in [-0.4, -0.2) is 44.9 Å². The van der Waals surface area contributed by atoms with Crippen LogP contribution in [0.3, 0.4) is 0 Å². The predicted molar refractivity (Wildman–Crippen MR) is 115 cm³/mol. The Labute approximate surface area is 177 Å². The molecule has 1 aliphatic rings. The minimum atomic E-state index is -3.58. The molecular formula is C21H26ClN3O3S. The van der Waals surface area contributed by atoms with Crippen LogP contribution in [0.5, 0.6) is 0 Å². The average Bonchev–Trinajstić information content (AvgIpc) is 2.71. The number of carbonyl (C=O) groups is 1. The lowest BCUT2D eigenvalue weighted by atomic mass is 10.0. The largest absolute Gasteiger partial charge is 0.349 e. The van der Waals surface area contributed by atoms with E-state index >= 15 is 0 Å². The van der Waals surface area contributed by atoms with Gasteiger partial charge in [-0.1, -0.05) is 36.7 Å². The number of rotatable bonds is 7. The molecule has 0 aromatic heterocycles. The minimum Gasteiger partial charge on any atom is -0.349 e. The maximum atomic E-state index is 12.6. The Balaban J connectivity index is 1.54. The molecule has 0 atom stereocenters.